The standard InChI is InChI=1S/C13H12BrN3O/c1-17(8-10-4-2-3-5-12(10)14)13(18)11-6-15-9-16-7-11/h2-7,9H,8H2,1H3. The Labute approximate surface area is 114 Å². The zero-order chi connectivity index (χ0) is 13.0. The van der Waals surface area contributed by atoms with Crippen molar-refractivity contribution in [3.8, 4) is 0 Å². The smallest absolute Gasteiger partial charge is 0.257 e. The number of rotatable bonds is 3. The maximum Gasteiger partial charge on any atom is 0.257 e. The minimum atomic E-state index is -0.0913. The lowest BCUT2D eigenvalue weighted by molar-refractivity contribution is 0.0784. The van der Waals surface area contributed by atoms with Gasteiger partial charge in [0.15, 0.2) is 0 Å². The average Bonchev–Trinajstić information content (AvgIpc) is 2.41. The molecule has 4 nitrogen and oxygen atoms in total. The maximum atomic E-state index is 12.1. The van der Waals surface area contributed by atoms with Crippen molar-refractivity contribution < 1.29 is 4.79 Å². The zero-order valence-corrected chi connectivity index (χ0v) is 11.5. The van der Waals surface area contributed by atoms with Crippen molar-refractivity contribution in [1.29, 1.82) is 0 Å². The van der Waals surface area contributed by atoms with E-state index in [0.29, 0.717) is 12.1 Å². The Bertz CT molecular complexity index is 545. The van der Waals surface area contributed by atoms with E-state index in [-0.39, 0.29) is 5.91 Å². The fourth-order valence-electron chi connectivity index (χ4n) is 1.58. The molecule has 0 spiro atoms. The molecule has 0 aliphatic carbocycles. The summed E-state index contributed by atoms with van der Waals surface area (Å²) in [7, 11) is 1.76. The Balaban J connectivity index is 2.11. The van der Waals surface area contributed by atoms with Crippen LogP contribution in [0.15, 0.2) is 47.5 Å². The number of hydrogen-bond donors (Lipinski definition) is 0. The Morgan fingerprint density at radius 3 is 2.61 bits per heavy atom. The van der Waals surface area contributed by atoms with Crippen molar-refractivity contribution >= 4 is 21.8 Å². The molecule has 1 aromatic heterocycles. The van der Waals surface area contributed by atoms with Crippen LogP contribution in [0.5, 0.6) is 0 Å². The third-order valence-electron chi connectivity index (χ3n) is 2.52. The van der Waals surface area contributed by atoms with Crippen molar-refractivity contribution in [3.63, 3.8) is 0 Å². The first-order chi connectivity index (χ1) is 8.68. The van der Waals surface area contributed by atoms with Gasteiger partial charge in [0.05, 0.1) is 5.56 Å². The Morgan fingerprint density at radius 1 is 1.28 bits per heavy atom. The van der Waals surface area contributed by atoms with E-state index < -0.39 is 0 Å². The summed E-state index contributed by atoms with van der Waals surface area (Å²) in [6.07, 6.45) is 4.45. The molecule has 1 aromatic carbocycles. The molecule has 1 heterocycles. The van der Waals surface area contributed by atoms with Crippen molar-refractivity contribution in [2.24, 2.45) is 0 Å². The highest BCUT2D eigenvalue weighted by molar-refractivity contribution is 9.10. The highest BCUT2D eigenvalue weighted by atomic mass is 79.9. The second-order valence-corrected chi connectivity index (χ2v) is 4.73. The number of halogens is 1. The van der Waals surface area contributed by atoms with Crippen molar-refractivity contribution in [2.75, 3.05) is 7.05 Å². The summed E-state index contributed by atoms with van der Waals surface area (Å²) in [4.78, 5) is 21.4. The number of aromatic nitrogens is 2. The third kappa shape index (κ3) is 2.92. The minimum absolute atomic E-state index is 0.0913. The van der Waals surface area contributed by atoms with Gasteiger partial charge < -0.3 is 4.90 Å². The van der Waals surface area contributed by atoms with Gasteiger partial charge in [0.1, 0.15) is 6.33 Å². The van der Waals surface area contributed by atoms with Crippen LogP contribution >= 0.6 is 15.9 Å². The van der Waals surface area contributed by atoms with Crippen LogP contribution in [0.2, 0.25) is 0 Å². The van der Waals surface area contributed by atoms with Gasteiger partial charge in [-0.1, -0.05) is 34.1 Å². The van der Waals surface area contributed by atoms with E-state index in [1.807, 2.05) is 24.3 Å². The fraction of sp³-hybridized carbons (Fsp3) is 0.154. The van der Waals surface area contributed by atoms with Crippen LogP contribution in [-0.4, -0.2) is 27.8 Å². The van der Waals surface area contributed by atoms with Gasteiger partial charge in [-0.3, -0.25) is 4.79 Å². The van der Waals surface area contributed by atoms with Gasteiger partial charge in [0, 0.05) is 30.5 Å². The predicted octanol–water partition coefficient (Wildman–Crippen LogP) is 2.51. The number of hydrogen-bond acceptors (Lipinski definition) is 3. The summed E-state index contributed by atoms with van der Waals surface area (Å²) < 4.78 is 0.994. The molecule has 2 rings (SSSR count). The molecule has 0 saturated carbocycles. The molecule has 0 atom stereocenters. The van der Waals surface area contributed by atoms with Crippen LogP contribution in [0.4, 0.5) is 0 Å². The third-order valence-corrected chi connectivity index (χ3v) is 3.29. The van der Waals surface area contributed by atoms with Gasteiger partial charge in [-0.25, -0.2) is 9.97 Å². The van der Waals surface area contributed by atoms with Crippen molar-refractivity contribution in [3.05, 3.63) is 58.6 Å². The maximum absolute atomic E-state index is 12.1. The van der Waals surface area contributed by atoms with Crippen LogP contribution in [-0.2, 0) is 6.54 Å². The molecule has 0 saturated heterocycles. The molecule has 1 amide bonds. The van der Waals surface area contributed by atoms with E-state index in [1.54, 1.807) is 11.9 Å². The van der Waals surface area contributed by atoms with E-state index in [9.17, 15) is 4.79 Å². The molecule has 18 heavy (non-hydrogen) atoms. The highest BCUT2D eigenvalue weighted by Gasteiger charge is 2.13. The molecule has 0 bridgehead atoms. The molecular formula is C13H12BrN3O. The van der Waals surface area contributed by atoms with E-state index in [4.69, 9.17) is 0 Å². The number of amides is 1. The zero-order valence-electron chi connectivity index (χ0n) is 9.88. The van der Waals surface area contributed by atoms with E-state index in [2.05, 4.69) is 25.9 Å². The largest absolute Gasteiger partial charge is 0.337 e. The fourth-order valence-corrected chi connectivity index (χ4v) is 1.99. The Morgan fingerprint density at radius 2 is 1.94 bits per heavy atom. The minimum Gasteiger partial charge on any atom is -0.337 e. The second kappa shape index (κ2) is 5.73. The van der Waals surface area contributed by atoms with Gasteiger partial charge in [-0.05, 0) is 11.6 Å². The second-order valence-electron chi connectivity index (χ2n) is 3.88. The number of nitrogens with zero attached hydrogens (tertiary/aromatic N) is 3. The number of benzene rings is 1. The summed E-state index contributed by atoms with van der Waals surface area (Å²) in [5.74, 6) is -0.0913. The van der Waals surface area contributed by atoms with Gasteiger partial charge in [-0.15, -0.1) is 0 Å². The summed E-state index contributed by atoms with van der Waals surface area (Å²) in [5, 5.41) is 0. The summed E-state index contributed by atoms with van der Waals surface area (Å²) >= 11 is 3.47. The molecule has 0 aliphatic rings. The van der Waals surface area contributed by atoms with Gasteiger partial charge in [-0.2, -0.15) is 0 Å². The molecule has 0 aliphatic heterocycles. The highest BCUT2D eigenvalue weighted by Crippen LogP contribution is 2.17. The van der Waals surface area contributed by atoms with Gasteiger partial charge >= 0.3 is 0 Å². The molecular weight excluding hydrogens is 294 g/mol. The lowest BCUT2D eigenvalue weighted by Gasteiger charge is -2.17. The van der Waals surface area contributed by atoms with Gasteiger partial charge in [0.25, 0.3) is 5.91 Å². The molecule has 2 aromatic rings. The number of carbonyl (C=O) groups is 1. The quantitative estimate of drug-likeness (QED) is 0.875. The summed E-state index contributed by atoms with van der Waals surface area (Å²) in [5.41, 5.74) is 1.55. The first kappa shape index (κ1) is 12.7. The number of carbonyl (C=O) groups excluding carboxylic acids is 1. The first-order valence-electron chi connectivity index (χ1n) is 5.42. The lowest BCUT2D eigenvalue weighted by atomic mass is 10.2. The molecule has 0 N–H and O–H groups in total. The predicted molar refractivity (Wildman–Crippen MR) is 72.0 cm³/mol. The van der Waals surface area contributed by atoms with E-state index in [1.165, 1.54) is 18.7 Å². The van der Waals surface area contributed by atoms with Crippen molar-refractivity contribution in [1.82, 2.24) is 14.9 Å². The molecule has 0 fully saturated rings. The van der Waals surface area contributed by atoms with Crippen LogP contribution in [0.3, 0.4) is 0 Å². The van der Waals surface area contributed by atoms with Crippen LogP contribution in [0.25, 0.3) is 0 Å². The van der Waals surface area contributed by atoms with E-state index in [0.717, 1.165) is 10.0 Å². The summed E-state index contributed by atoms with van der Waals surface area (Å²) in [6, 6.07) is 7.83. The normalized spacial score (nSPS) is 10.1. The SMILES string of the molecule is CN(Cc1ccccc1Br)C(=O)c1cncnc1. The molecule has 92 valence electrons. The lowest BCUT2D eigenvalue weighted by Crippen LogP contribution is -2.26. The monoisotopic (exact) mass is 305 g/mol. The molecule has 5 heteroatoms. The molecule has 0 radical (unpaired) electrons. The Kier molecular flexibility index (Phi) is 4.04. The van der Waals surface area contributed by atoms with Crippen molar-refractivity contribution in [2.45, 2.75) is 6.54 Å². The summed E-state index contributed by atoms with van der Waals surface area (Å²) in [6.45, 7) is 0.537. The van der Waals surface area contributed by atoms with Crippen LogP contribution < -0.4 is 0 Å². The van der Waals surface area contributed by atoms with Gasteiger partial charge in [0.2, 0.25) is 0 Å². The average molecular weight is 306 g/mol. The Hall–Kier alpha value is -1.75. The van der Waals surface area contributed by atoms with Crippen LogP contribution in [0.1, 0.15) is 15.9 Å². The van der Waals surface area contributed by atoms with Crippen LogP contribution in [0, 0.1) is 0 Å². The first-order valence-corrected chi connectivity index (χ1v) is 6.21. The molecule has 0 unspecified atom stereocenters. The topological polar surface area (TPSA) is 46.1 Å². The van der Waals surface area contributed by atoms with E-state index >= 15 is 0 Å².